The zero-order valence-electron chi connectivity index (χ0n) is 23.3. The fourth-order valence-electron chi connectivity index (χ4n) is 6.32. The van der Waals surface area contributed by atoms with Crippen LogP contribution in [0.1, 0.15) is 119 Å². The molecule has 0 aliphatic heterocycles. The predicted octanol–water partition coefficient (Wildman–Crippen LogP) is 9.64. The molecule has 0 atom stereocenters. The first-order chi connectivity index (χ1) is 18.5. The Bertz CT molecular complexity index is 1010. The van der Waals surface area contributed by atoms with Gasteiger partial charge >= 0.3 is 0 Å². The first kappa shape index (κ1) is 29.0. The number of ether oxygens (including phenoxy) is 2. The zero-order chi connectivity index (χ0) is 26.9. The Kier molecular flexibility index (Phi) is 11.0. The molecule has 38 heavy (non-hydrogen) atoms. The van der Waals surface area contributed by atoms with Crippen LogP contribution in [0, 0.1) is 23.4 Å². The van der Waals surface area contributed by atoms with Gasteiger partial charge in [-0.2, -0.15) is 0 Å². The van der Waals surface area contributed by atoms with E-state index in [0.717, 1.165) is 89.2 Å². The normalized spacial score (nSPS) is 23.9. The summed E-state index contributed by atoms with van der Waals surface area (Å²) in [6, 6.07) is 8.91. The number of unbranched alkanes of at least 4 members (excludes halogenated alkanes) is 1. The Hall–Kier alpha value is -2.01. The molecule has 2 aromatic rings. The molecule has 2 fully saturated rings. The quantitative estimate of drug-likeness (QED) is 0.254. The smallest absolute Gasteiger partial charge is 0.162 e. The monoisotopic (exact) mass is 530 g/mol. The highest BCUT2D eigenvalue weighted by atomic mass is 19.2. The van der Waals surface area contributed by atoms with Crippen LogP contribution >= 0.6 is 0 Å². The number of hydrogen-bond acceptors (Lipinski definition) is 2. The van der Waals surface area contributed by atoms with Gasteiger partial charge in [-0.1, -0.05) is 38.5 Å². The molecule has 4 rings (SSSR count). The van der Waals surface area contributed by atoms with Crippen LogP contribution in [0.4, 0.5) is 13.2 Å². The Balaban J connectivity index is 1.25. The summed E-state index contributed by atoms with van der Waals surface area (Å²) in [7, 11) is 0. The molecule has 0 unspecified atom stereocenters. The molecule has 0 spiro atoms. The van der Waals surface area contributed by atoms with Crippen LogP contribution in [0.5, 0.6) is 5.75 Å². The summed E-state index contributed by atoms with van der Waals surface area (Å²) in [4.78, 5) is 0. The third kappa shape index (κ3) is 7.55. The van der Waals surface area contributed by atoms with Crippen molar-refractivity contribution in [2.75, 3.05) is 13.2 Å². The molecule has 0 radical (unpaired) electrons. The van der Waals surface area contributed by atoms with Gasteiger partial charge in [0.25, 0.3) is 0 Å². The second kappa shape index (κ2) is 14.4. The lowest BCUT2D eigenvalue weighted by atomic mass is 9.76. The standard InChI is InChI=1S/C33H45F3O2/c1-3-5-21-38-28-17-19-29(31(34)22-28)24-9-6-23(7-10-24)8-11-26-14-18-30(33(36)32(26)35)25-12-15-27(16-13-25)37-20-4-2/h14,17-19,22-25,27H,3-13,15-16,20-21H2,1-2H3. The first-order valence-corrected chi connectivity index (χ1v) is 15.0. The molecule has 0 N–H and O–H groups in total. The van der Waals surface area contributed by atoms with E-state index in [1.165, 1.54) is 6.07 Å². The molecule has 5 heteroatoms. The maximum absolute atomic E-state index is 15.1. The SMILES string of the molecule is CCCCOc1ccc(C2CCC(CCc3ccc(C4CCC(OCCC)CC4)c(F)c3F)CC2)c(F)c1. The summed E-state index contributed by atoms with van der Waals surface area (Å²) in [6.07, 6.45) is 12.0. The third-order valence-electron chi connectivity index (χ3n) is 8.71. The molecule has 0 aromatic heterocycles. The number of aryl methyl sites for hydroxylation is 1. The van der Waals surface area contributed by atoms with E-state index in [9.17, 15) is 4.39 Å². The van der Waals surface area contributed by atoms with Crippen molar-refractivity contribution in [2.24, 2.45) is 5.92 Å². The molecule has 2 aliphatic carbocycles. The van der Waals surface area contributed by atoms with E-state index in [-0.39, 0.29) is 23.8 Å². The summed E-state index contributed by atoms with van der Waals surface area (Å²) >= 11 is 0. The lowest BCUT2D eigenvalue weighted by molar-refractivity contribution is 0.0248. The molecular weight excluding hydrogens is 485 g/mol. The van der Waals surface area contributed by atoms with E-state index in [1.807, 2.05) is 18.2 Å². The van der Waals surface area contributed by atoms with Crippen molar-refractivity contribution in [1.29, 1.82) is 0 Å². The second-order valence-electron chi connectivity index (χ2n) is 11.4. The van der Waals surface area contributed by atoms with Gasteiger partial charge in [-0.3, -0.25) is 0 Å². The molecule has 2 aromatic carbocycles. The molecule has 2 saturated carbocycles. The molecule has 210 valence electrons. The van der Waals surface area contributed by atoms with Crippen LogP contribution in [0.25, 0.3) is 0 Å². The van der Waals surface area contributed by atoms with E-state index >= 15 is 8.78 Å². The highest BCUT2D eigenvalue weighted by molar-refractivity contribution is 5.32. The number of benzene rings is 2. The predicted molar refractivity (Wildman–Crippen MR) is 147 cm³/mol. The number of hydrogen-bond donors (Lipinski definition) is 0. The lowest BCUT2D eigenvalue weighted by Crippen LogP contribution is -2.22. The largest absolute Gasteiger partial charge is 0.493 e. The first-order valence-electron chi connectivity index (χ1n) is 15.0. The van der Waals surface area contributed by atoms with Crippen molar-refractivity contribution in [1.82, 2.24) is 0 Å². The molecular formula is C33H45F3O2. The van der Waals surface area contributed by atoms with E-state index in [1.54, 1.807) is 6.07 Å². The van der Waals surface area contributed by atoms with Gasteiger partial charge in [0.05, 0.1) is 12.7 Å². The van der Waals surface area contributed by atoms with E-state index in [2.05, 4.69) is 13.8 Å². The summed E-state index contributed by atoms with van der Waals surface area (Å²) < 4.78 is 56.3. The van der Waals surface area contributed by atoms with E-state index in [4.69, 9.17) is 9.47 Å². The van der Waals surface area contributed by atoms with Crippen molar-refractivity contribution in [3.63, 3.8) is 0 Å². The van der Waals surface area contributed by atoms with Crippen molar-refractivity contribution in [3.05, 3.63) is 64.5 Å². The maximum atomic E-state index is 15.1. The summed E-state index contributed by atoms with van der Waals surface area (Å²) in [5.74, 6) is -0.138. The van der Waals surface area contributed by atoms with Crippen LogP contribution in [0.3, 0.4) is 0 Å². The Labute approximate surface area is 227 Å². The number of rotatable bonds is 12. The fourth-order valence-corrected chi connectivity index (χ4v) is 6.32. The Morgan fingerprint density at radius 3 is 2.11 bits per heavy atom. The van der Waals surface area contributed by atoms with Gasteiger partial charge in [0.1, 0.15) is 11.6 Å². The van der Waals surface area contributed by atoms with Crippen LogP contribution < -0.4 is 4.74 Å². The van der Waals surface area contributed by atoms with Gasteiger partial charge < -0.3 is 9.47 Å². The maximum Gasteiger partial charge on any atom is 0.162 e. The third-order valence-corrected chi connectivity index (χ3v) is 8.71. The van der Waals surface area contributed by atoms with Gasteiger partial charge in [-0.25, -0.2) is 13.2 Å². The summed E-state index contributed by atoms with van der Waals surface area (Å²) in [6.45, 7) is 5.59. The minimum absolute atomic E-state index is 0.0765. The lowest BCUT2D eigenvalue weighted by Gasteiger charge is -2.30. The van der Waals surface area contributed by atoms with E-state index in [0.29, 0.717) is 35.8 Å². The van der Waals surface area contributed by atoms with Crippen LogP contribution in [0.15, 0.2) is 30.3 Å². The zero-order valence-corrected chi connectivity index (χ0v) is 23.3. The average molecular weight is 531 g/mol. The minimum Gasteiger partial charge on any atom is -0.493 e. The van der Waals surface area contributed by atoms with Gasteiger partial charge in [0.2, 0.25) is 0 Å². The number of halogens is 3. The van der Waals surface area contributed by atoms with Crippen LogP contribution in [0.2, 0.25) is 0 Å². The highest BCUT2D eigenvalue weighted by Gasteiger charge is 2.28. The van der Waals surface area contributed by atoms with E-state index < -0.39 is 11.6 Å². The van der Waals surface area contributed by atoms with Gasteiger partial charge in [-0.15, -0.1) is 0 Å². The second-order valence-corrected chi connectivity index (χ2v) is 11.4. The molecule has 2 nitrogen and oxygen atoms in total. The Morgan fingerprint density at radius 2 is 1.42 bits per heavy atom. The summed E-state index contributed by atoms with van der Waals surface area (Å²) in [5, 5.41) is 0. The van der Waals surface area contributed by atoms with Gasteiger partial charge in [0, 0.05) is 12.7 Å². The average Bonchev–Trinajstić information content (AvgIpc) is 2.94. The van der Waals surface area contributed by atoms with Crippen molar-refractivity contribution in [3.8, 4) is 5.75 Å². The topological polar surface area (TPSA) is 18.5 Å². The van der Waals surface area contributed by atoms with Crippen LogP contribution in [-0.4, -0.2) is 19.3 Å². The molecule has 0 amide bonds. The molecule has 0 heterocycles. The molecule has 0 saturated heterocycles. The van der Waals surface area contributed by atoms with Crippen molar-refractivity contribution in [2.45, 2.75) is 115 Å². The summed E-state index contributed by atoms with van der Waals surface area (Å²) in [5.41, 5.74) is 1.79. The van der Waals surface area contributed by atoms with Crippen LogP contribution in [-0.2, 0) is 11.2 Å². The fraction of sp³-hybridized carbons (Fsp3) is 0.636. The van der Waals surface area contributed by atoms with Gasteiger partial charge in [0.15, 0.2) is 11.6 Å². The van der Waals surface area contributed by atoms with Crippen molar-refractivity contribution < 1.29 is 22.6 Å². The molecule has 0 bridgehead atoms. The molecule has 2 aliphatic rings. The Morgan fingerprint density at radius 1 is 0.737 bits per heavy atom. The van der Waals surface area contributed by atoms with Gasteiger partial charge in [-0.05, 0) is 118 Å². The van der Waals surface area contributed by atoms with Crippen molar-refractivity contribution >= 4 is 0 Å². The minimum atomic E-state index is -0.663. The highest BCUT2D eigenvalue weighted by Crippen LogP contribution is 2.40.